The Morgan fingerprint density at radius 3 is 2.95 bits per heavy atom. The highest BCUT2D eigenvalue weighted by Gasteiger charge is 2.05. The van der Waals surface area contributed by atoms with Gasteiger partial charge in [0.25, 0.3) is 0 Å². The minimum Gasteiger partial charge on any atom is -0.378 e. The summed E-state index contributed by atoms with van der Waals surface area (Å²) in [6.07, 6.45) is 5.48. The zero-order valence-electron chi connectivity index (χ0n) is 10.2. The molecule has 0 fully saturated rings. The molecule has 3 aromatic rings. The van der Waals surface area contributed by atoms with Crippen molar-refractivity contribution in [2.75, 3.05) is 5.32 Å². The molecule has 3 heterocycles. The molecule has 0 unspecified atom stereocenters. The van der Waals surface area contributed by atoms with Gasteiger partial charge in [0.2, 0.25) is 0 Å². The molecule has 0 radical (unpaired) electrons. The number of hydrogen-bond acceptors (Lipinski definition) is 5. The Labute approximate surface area is 123 Å². The van der Waals surface area contributed by atoms with Gasteiger partial charge in [-0.1, -0.05) is 0 Å². The third-order valence-corrected chi connectivity index (χ3v) is 4.01. The van der Waals surface area contributed by atoms with Crippen molar-refractivity contribution in [3.8, 4) is 0 Å². The lowest BCUT2D eigenvalue weighted by Crippen LogP contribution is -1.99. The van der Waals surface area contributed by atoms with Crippen LogP contribution in [0.4, 0.5) is 5.69 Å². The van der Waals surface area contributed by atoms with Crippen molar-refractivity contribution in [2.45, 2.75) is 13.5 Å². The van der Waals surface area contributed by atoms with E-state index in [2.05, 4.69) is 36.2 Å². The van der Waals surface area contributed by atoms with Crippen LogP contribution >= 0.6 is 27.3 Å². The van der Waals surface area contributed by atoms with Gasteiger partial charge in [-0.3, -0.25) is 9.97 Å². The number of thiazole rings is 1. The van der Waals surface area contributed by atoms with Gasteiger partial charge in [-0.25, -0.2) is 4.98 Å². The van der Waals surface area contributed by atoms with Gasteiger partial charge in [0.15, 0.2) is 0 Å². The van der Waals surface area contributed by atoms with E-state index in [1.54, 1.807) is 23.7 Å². The van der Waals surface area contributed by atoms with Crippen molar-refractivity contribution < 1.29 is 0 Å². The lowest BCUT2D eigenvalue weighted by Gasteiger charge is -2.07. The Balaban J connectivity index is 1.88. The van der Waals surface area contributed by atoms with Crippen molar-refractivity contribution >= 4 is 44.0 Å². The van der Waals surface area contributed by atoms with Crippen molar-refractivity contribution in [2.24, 2.45) is 0 Å². The van der Waals surface area contributed by atoms with E-state index in [9.17, 15) is 0 Å². The highest BCUT2D eigenvalue weighted by atomic mass is 79.9. The first kappa shape index (κ1) is 12.5. The SMILES string of the molecule is Cc1ncc(CNc2ccnc3cc(Br)cnc23)s1. The maximum absolute atomic E-state index is 4.41. The normalized spacial score (nSPS) is 10.8. The molecular formula is C13H11BrN4S. The summed E-state index contributed by atoms with van der Waals surface area (Å²) in [6, 6.07) is 3.90. The summed E-state index contributed by atoms with van der Waals surface area (Å²) < 4.78 is 0.933. The Bertz CT molecular complexity index is 725. The molecule has 0 saturated heterocycles. The lowest BCUT2D eigenvalue weighted by atomic mass is 10.3. The lowest BCUT2D eigenvalue weighted by molar-refractivity contribution is 1.16. The quantitative estimate of drug-likeness (QED) is 0.792. The Morgan fingerprint density at radius 2 is 2.16 bits per heavy atom. The predicted molar refractivity (Wildman–Crippen MR) is 81.4 cm³/mol. The molecule has 0 saturated carbocycles. The third-order valence-electron chi connectivity index (χ3n) is 2.67. The predicted octanol–water partition coefficient (Wildman–Crippen LogP) is 3.77. The highest BCUT2D eigenvalue weighted by molar-refractivity contribution is 9.10. The third kappa shape index (κ3) is 2.74. The van der Waals surface area contributed by atoms with Crippen LogP contribution in [-0.2, 0) is 6.54 Å². The minimum absolute atomic E-state index is 0.752. The van der Waals surface area contributed by atoms with E-state index in [1.807, 2.05) is 25.3 Å². The molecule has 0 spiro atoms. The number of pyridine rings is 2. The van der Waals surface area contributed by atoms with Crippen molar-refractivity contribution in [3.63, 3.8) is 0 Å². The largest absolute Gasteiger partial charge is 0.378 e. The number of anilines is 1. The second-order valence-corrected chi connectivity index (χ2v) is 6.31. The fraction of sp³-hybridized carbons (Fsp3) is 0.154. The van der Waals surface area contributed by atoms with Crippen LogP contribution in [-0.4, -0.2) is 15.0 Å². The number of nitrogens with one attached hydrogen (secondary N) is 1. The summed E-state index contributed by atoms with van der Waals surface area (Å²) in [5.74, 6) is 0. The van der Waals surface area contributed by atoms with Crippen molar-refractivity contribution in [1.82, 2.24) is 15.0 Å². The van der Waals surface area contributed by atoms with E-state index in [0.29, 0.717) is 0 Å². The van der Waals surface area contributed by atoms with E-state index < -0.39 is 0 Å². The summed E-state index contributed by atoms with van der Waals surface area (Å²) in [7, 11) is 0. The minimum atomic E-state index is 0.752. The van der Waals surface area contributed by atoms with Gasteiger partial charge >= 0.3 is 0 Å². The first-order valence-electron chi connectivity index (χ1n) is 5.78. The van der Waals surface area contributed by atoms with Crippen LogP contribution in [0, 0.1) is 6.92 Å². The van der Waals surface area contributed by atoms with E-state index >= 15 is 0 Å². The molecule has 1 N–H and O–H groups in total. The molecule has 3 rings (SSSR count). The Kier molecular flexibility index (Phi) is 3.44. The van der Waals surface area contributed by atoms with Crippen LogP contribution in [0.15, 0.2) is 35.2 Å². The van der Waals surface area contributed by atoms with Crippen LogP contribution in [0.3, 0.4) is 0 Å². The molecule has 4 nitrogen and oxygen atoms in total. The standard InChI is InChI=1S/C13H11BrN4S/c1-8-16-6-10(19-8)7-17-11-2-3-15-12-4-9(14)5-18-13(11)12/h2-6H,7H2,1H3,(H,15,17). The monoisotopic (exact) mass is 334 g/mol. The molecule has 0 aliphatic carbocycles. The number of hydrogen-bond donors (Lipinski definition) is 1. The fourth-order valence-corrected chi connectivity index (χ4v) is 2.87. The first-order valence-corrected chi connectivity index (χ1v) is 7.39. The molecular weight excluding hydrogens is 324 g/mol. The average Bonchev–Trinajstić information content (AvgIpc) is 2.81. The molecule has 19 heavy (non-hydrogen) atoms. The number of aryl methyl sites for hydroxylation is 1. The number of rotatable bonds is 3. The molecule has 0 aromatic carbocycles. The molecule has 96 valence electrons. The van der Waals surface area contributed by atoms with E-state index in [4.69, 9.17) is 0 Å². The van der Waals surface area contributed by atoms with Crippen molar-refractivity contribution in [1.29, 1.82) is 0 Å². The van der Waals surface area contributed by atoms with Gasteiger partial charge < -0.3 is 5.32 Å². The summed E-state index contributed by atoms with van der Waals surface area (Å²) >= 11 is 5.10. The summed E-state index contributed by atoms with van der Waals surface area (Å²) in [5.41, 5.74) is 2.75. The second-order valence-electron chi connectivity index (χ2n) is 4.08. The van der Waals surface area contributed by atoms with Gasteiger partial charge in [0, 0.05) is 27.9 Å². The van der Waals surface area contributed by atoms with E-state index in [1.165, 1.54) is 4.88 Å². The number of fused-ring (bicyclic) bond motifs is 1. The molecule has 0 amide bonds. The number of aromatic nitrogens is 3. The van der Waals surface area contributed by atoms with Crippen molar-refractivity contribution in [3.05, 3.63) is 45.1 Å². The maximum Gasteiger partial charge on any atom is 0.112 e. The van der Waals surface area contributed by atoms with Gasteiger partial charge in [-0.05, 0) is 35.0 Å². The second kappa shape index (κ2) is 5.22. The van der Waals surface area contributed by atoms with Gasteiger partial charge in [-0.15, -0.1) is 11.3 Å². The molecule has 0 aliphatic heterocycles. The Morgan fingerprint density at radius 1 is 1.26 bits per heavy atom. The summed E-state index contributed by atoms with van der Waals surface area (Å²) in [5, 5.41) is 4.47. The number of halogens is 1. The zero-order chi connectivity index (χ0) is 13.2. The van der Waals surface area contributed by atoms with Crippen LogP contribution in [0.5, 0.6) is 0 Å². The molecule has 3 aromatic heterocycles. The zero-order valence-corrected chi connectivity index (χ0v) is 12.6. The summed E-state index contributed by atoms with van der Waals surface area (Å²) in [6.45, 7) is 2.76. The molecule has 0 aliphatic rings. The first-order chi connectivity index (χ1) is 9.22. The summed E-state index contributed by atoms with van der Waals surface area (Å²) in [4.78, 5) is 14.2. The molecule has 6 heteroatoms. The van der Waals surface area contributed by atoms with Gasteiger partial charge in [0.05, 0.1) is 22.8 Å². The van der Waals surface area contributed by atoms with Gasteiger partial charge in [-0.2, -0.15) is 0 Å². The van der Waals surface area contributed by atoms with E-state index in [-0.39, 0.29) is 0 Å². The fourth-order valence-electron chi connectivity index (χ4n) is 1.82. The van der Waals surface area contributed by atoms with E-state index in [0.717, 1.165) is 32.7 Å². The van der Waals surface area contributed by atoms with Crippen LogP contribution in [0.2, 0.25) is 0 Å². The number of nitrogens with zero attached hydrogens (tertiary/aromatic N) is 3. The van der Waals surface area contributed by atoms with Gasteiger partial charge in [0.1, 0.15) is 5.52 Å². The molecule has 0 atom stereocenters. The van der Waals surface area contributed by atoms with Crippen LogP contribution in [0.25, 0.3) is 11.0 Å². The maximum atomic E-state index is 4.41. The average molecular weight is 335 g/mol. The van der Waals surface area contributed by atoms with Crippen LogP contribution in [0.1, 0.15) is 9.88 Å². The smallest absolute Gasteiger partial charge is 0.112 e. The molecule has 0 bridgehead atoms. The Hall–Kier alpha value is -1.53. The van der Waals surface area contributed by atoms with Crippen LogP contribution < -0.4 is 5.32 Å². The topological polar surface area (TPSA) is 50.7 Å². The highest BCUT2D eigenvalue weighted by Crippen LogP contribution is 2.23.